The van der Waals surface area contributed by atoms with E-state index in [4.69, 9.17) is 10.5 Å². The zero-order chi connectivity index (χ0) is 15.0. The Balaban J connectivity index is 2.67. The van der Waals surface area contributed by atoms with E-state index < -0.39 is 6.04 Å². The number of unbranched alkanes of at least 4 members (excludes halogenated alkanes) is 1. The maximum absolute atomic E-state index is 11.8. The molecule has 1 rings (SSSR count). The van der Waals surface area contributed by atoms with Gasteiger partial charge in [-0.3, -0.25) is 4.79 Å². The van der Waals surface area contributed by atoms with Crippen molar-refractivity contribution in [3.8, 4) is 12.1 Å². The van der Waals surface area contributed by atoms with Gasteiger partial charge in [0.2, 0.25) is 5.91 Å². The Bertz CT molecular complexity index is 554. The van der Waals surface area contributed by atoms with Crippen LogP contribution in [0.3, 0.4) is 0 Å². The third-order valence-electron chi connectivity index (χ3n) is 2.87. The summed E-state index contributed by atoms with van der Waals surface area (Å²) in [6.45, 7) is 4.48. The highest BCUT2D eigenvalue weighted by atomic mass is 16.2. The number of carbonyl (C=O) groups is 1. The summed E-state index contributed by atoms with van der Waals surface area (Å²) in [5, 5.41) is 23.7. The smallest absolute Gasteiger partial charge is 0.242 e. The quantitative estimate of drug-likeness (QED) is 0.775. The first-order valence-corrected chi connectivity index (χ1v) is 6.60. The average molecular weight is 270 g/mol. The fourth-order valence-electron chi connectivity index (χ4n) is 1.68. The highest BCUT2D eigenvalue weighted by Gasteiger charge is 2.12. The van der Waals surface area contributed by atoms with Crippen LogP contribution < -0.4 is 10.6 Å². The minimum atomic E-state index is -0.397. The number of anilines is 1. The predicted molar refractivity (Wildman–Crippen MR) is 76.9 cm³/mol. The van der Waals surface area contributed by atoms with Gasteiger partial charge < -0.3 is 10.6 Å². The average Bonchev–Trinajstić information content (AvgIpc) is 2.47. The molecule has 0 bridgehead atoms. The van der Waals surface area contributed by atoms with Crippen molar-refractivity contribution in [3.63, 3.8) is 0 Å². The van der Waals surface area contributed by atoms with Crippen LogP contribution in [-0.2, 0) is 4.79 Å². The third-order valence-corrected chi connectivity index (χ3v) is 2.87. The van der Waals surface area contributed by atoms with Crippen LogP contribution >= 0.6 is 0 Å². The van der Waals surface area contributed by atoms with Crippen LogP contribution in [0, 0.1) is 22.7 Å². The number of hydrogen-bond acceptors (Lipinski definition) is 4. The van der Waals surface area contributed by atoms with E-state index in [0.29, 0.717) is 23.4 Å². The van der Waals surface area contributed by atoms with Gasteiger partial charge in [0, 0.05) is 12.2 Å². The maximum atomic E-state index is 11.8. The van der Waals surface area contributed by atoms with E-state index in [1.165, 1.54) is 0 Å². The number of benzene rings is 1. The molecular formula is C15H18N4O. The van der Waals surface area contributed by atoms with Crippen LogP contribution in [0.2, 0.25) is 0 Å². The number of nitrogens with zero attached hydrogens (tertiary/aromatic N) is 2. The number of hydrogen-bond donors (Lipinski definition) is 2. The summed E-state index contributed by atoms with van der Waals surface area (Å²) in [6, 6.07) is 8.37. The zero-order valence-electron chi connectivity index (χ0n) is 11.7. The summed E-state index contributed by atoms with van der Waals surface area (Å²) in [5.74, 6) is -0.0821. The number of rotatable bonds is 6. The molecule has 0 aliphatic heterocycles. The first-order chi connectivity index (χ1) is 9.62. The van der Waals surface area contributed by atoms with Crippen LogP contribution in [-0.4, -0.2) is 18.5 Å². The Morgan fingerprint density at radius 1 is 1.30 bits per heavy atom. The van der Waals surface area contributed by atoms with Gasteiger partial charge >= 0.3 is 0 Å². The molecule has 0 aromatic heterocycles. The Morgan fingerprint density at radius 2 is 2.00 bits per heavy atom. The van der Waals surface area contributed by atoms with Crippen molar-refractivity contribution >= 4 is 11.6 Å². The summed E-state index contributed by atoms with van der Waals surface area (Å²) in [4.78, 5) is 11.8. The minimum absolute atomic E-state index is 0.0821. The molecule has 20 heavy (non-hydrogen) atoms. The van der Waals surface area contributed by atoms with Crippen LogP contribution in [0.5, 0.6) is 0 Å². The minimum Gasteiger partial charge on any atom is -0.374 e. The molecule has 0 fully saturated rings. The molecular weight excluding hydrogens is 252 g/mol. The normalized spacial score (nSPS) is 11.0. The van der Waals surface area contributed by atoms with E-state index in [2.05, 4.69) is 17.6 Å². The molecule has 5 heteroatoms. The van der Waals surface area contributed by atoms with E-state index in [9.17, 15) is 4.79 Å². The number of nitriles is 2. The SMILES string of the molecule is CCCCNC(=O)C(C)Nc1ccc(C#N)c(C#N)c1. The summed E-state index contributed by atoms with van der Waals surface area (Å²) in [6.07, 6.45) is 1.98. The van der Waals surface area contributed by atoms with Crippen molar-refractivity contribution in [2.45, 2.75) is 32.7 Å². The van der Waals surface area contributed by atoms with E-state index in [0.717, 1.165) is 12.8 Å². The van der Waals surface area contributed by atoms with Gasteiger partial charge in [-0.2, -0.15) is 10.5 Å². The standard InChI is InChI=1S/C15H18N4O/c1-3-4-7-18-15(20)11(2)19-14-6-5-12(9-16)13(8-14)10-17/h5-6,8,11,19H,3-4,7H2,1-2H3,(H,18,20). The van der Waals surface area contributed by atoms with Crippen molar-refractivity contribution in [2.75, 3.05) is 11.9 Å². The summed E-state index contributed by atoms with van der Waals surface area (Å²) in [5.41, 5.74) is 1.29. The van der Waals surface area contributed by atoms with Gasteiger partial charge in [-0.1, -0.05) is 13.3 Å². The number of carbonyl (C=O) groups excluding carboxylic acids is 1. The molecule has 5 nitrogen and oxygen atoms in total. The van der Waals surface area contributed by atoms with Gasteiger partial charge in [-0.05, 0) is 31.5 Å². The molecule has 0 saturated carbocycles. The van der Waals surface area contributed by atoms with Gasteiger partial charge in [-0.15, -0.1) is 0 Å². The molecule has 0 aliphatic carbocycles. The van der Waals surface area contributed by atoms with Gasteiger partial charge in [0.15, 0.2) is 0 Å². The van der Waals surface area contributed by atoms with E-state index >= 15 is 0 Å². The van der Waals surface area contributed by atoms with Crippen molar-refractivity contribution in [3.05, 3.63) is 29.3 Å². The van der Waals surface area contributed by atoms with Gasteiger partial charge in [0.25, 0.3) is 0 Å². The molecule has 0 saturated heterocycles. The second kappa shape index (κ2) is 7.81. The van der Waals surface area contributed by atoms with E-state index in [-0.39, 0.29) is 5.91 Å². The molecule has 0 radical (unpaired) electrons. The van der Waals surface area contributed by atoms with Crippen LogP contribution in [0.1, 0.15) is 37.8 Å². The highest BCUT2D eigenvalue weighted by molar-refractivity contribution is 5.84. The van der Waals surface area contributed by atoms with Crippen molar-refractivity contribution in [1.82, 2.24) is 5.32 Å². The molecule has 2 N–H and O–H groups in total. The Hall–Kier alpha value is -2.53. The lowest BCUT2D eigenvalue weighted by atomic mass is 10.1. The van der Waals surface area contributed by atoms with Crippen LogP contribution in [0.4, 0.5) is 5.69 Å². The van der Waals surface area contributed by atoms with Crippen LogP contribution in [0.15, 0.2) is 18.2 Å². The molecule has 1 amide bonds. The zero-order valence-corrected chi connectivity index (χ0v) is 11.7. The second-order valence-corrected chi connectivity index (χ2v) is 4.49. The lowest BCUT2D eigenvalue weighted by Crippen LogP contribution is -2.38. The highest BCUT2D eigenvalue weighted by Crippen LogP contribution is 2.15. The Kier molecular flexibility index (Phi) is 6.06. The lowest BCUT2D eigenvalue weighted by molar-refractivity contribution is -0.121. The Labute approximate surface area is 119 Å². The fraction of sp³-hybridized carbons (Fsp3) is 0.400. The maximum Gasteiger partial charge on any atom is 0.242 e. The number of amides is 1. The number of nitrogens with one attached hydrogen (secondary N) is 2. The molecule has 1 aromatic rings. The van der Waals surface area contributed by atoms with Gasteiger partial charge in [0.1, 0.15) is 18.2 Å². The molecule has 0 spiro atoms. The fourth-order valence-corrected chi connectivity index (χ4v) is 1.68. The molecule has 104 valence electrons. The predicted octanol–water partition coefficient (Wildman–Crippen LogP) is 2.15. The van der Waals surface area contributed by atoms with Crippen molar-refractivity contribution in [2.24, 2.45) is 0 Å². The molecule has 0 aliphatic rings. The molecule has 1 atom stereocenters. The Morgan fingerprint density at radius 3 is 2.60 bits per heavy atom. The van der Waals surface area contributed by atoms with E-state index in [1.807, 2.05) is 12.1 Å². The van der Waals surface area contributed by atoms with Crippen molar-refractivity contribution < 1.29 is 4.79 Å². The summed E-state index contributed by atoms with van der Waals surface area (Å²) < 4.78 is 0. The monoisotopic (exact) mass is 270 g/mol. The summed E-state index contributed by atoms with van der Waals surface area (Å²) >= 11 is 0. The molecule has 1 unspecified atom stereocenters. The van der Waals surface area contributed by atoms with Gasteiger partial charge in [0.05, 0.1) is 11.1 Å². The molecule has 0 heterocycles. The summed E-state index contributed by atoms with van der Waals surface area (Å²) in [7, 11) is 0. The first kappa shape index (κ1) is 15.5. The molecule has 1 aromatic carbocycles. The van der Waals surface area contributed by atoms with E-state index in [1.54, 1.807) is 25.1 Å². The largest absolute Gasteiger partial charge is 0.374 e. The second-order valence-electron chi connectivity index (χ2n) is 4.49. The van der Waals surface area contributed by atoms with Crippen LogP contribution in [0.25, 0.3) is 0 Å². The lowest BCUT2D eigenvalue weighted by Gasteiger charge is -2.15. The van der Waals surface area contributed by atoms with Crippen molar-refractivity contribution in [1.29, 1.82) is 10.5 Å². The third kappa shape index (κ3) is 4.29. The van der Waals surface area contributed by atoms with Gasteiger partial charge in [-0.25, -0.2) is 0 Å². The topological polar surface area (TPSA) is 88.7 Å². The first-order valence-electron chi connectivity index (χ1n) is 6.60.